The smallest absolute Gasteiger partial charge is 0.239 e. The summed E-state index contributed by atoms with van der Waals surface area (Å²) in [5.41, 5.74) is 5.78. The summed E-state index contributed by atoms with van der Waals surface area (Å²) in [6.45, 7) is 13.1. The second-order valence-electron chi connectivity index (χ2n) is 4.31. The summed E-state index contributed by atoms with van der Waals surface area (Å²) in [7, 11) is 0. The fourth-order valence-corrected chi connectivity index (χ4v) is 1.86. The Balaban J connectivity index is 4.01. The van der Waals surface area contributed by atoms with Gasteiger partial charge in [-0.1, -0.05) is 20.8 Å². The summed E-state index contributed by atoms with van der Waals surface area (Å²) in [6, 6.07) is -0.330. The number of nitrogens with two attached hydrogens (primary N) is 1. The van der Waals surface area contributed by atoms with Crippen molar-refractivity contribution in [3.63, 3.8) is 0 Å². The van der Waals surface area contributed by atoms with E-state index < -0.39 is 0 Å². The Bertz CT molecular complexity index is 205. The topological polar surface area (TPSA) is 49.6 Å². The monoisotopic (exact) mass is 243 g/mol. The standard InChI is InChI=1S/C13H29N3O/c1-5-12(14)13(17)16(8-4)11-9-10-15(6-2)7-3/h12H,5-11,14H2,1-4H3. The number of likely N-dealkylation sites (N-methyl/N-ethyl adjacent to an activating group) is 1. The quantitative estimate of drug-likeness (QED) is 0.664. The van der Waals surface area contributed by atoms with E-state index in [1.807, 2.05) is 18.7 Å². The molecule has 0 aliphatic heterocycles. The maximum absolute atomic E-state index is 11.9. The number of hydrogen-bond acceptors (Lipinski definition) is 3. The molecule has 0 spiro atoms. The molecule has 0 aromatic heterocycles. The van der Waals surface area contributed by atoms with Crippen molar-refractivity contribution in [2.45, 2.75) is 46.6 Å². The molecule has 0 aromatic carbocycles. The molecular formula is C13H29N3O. The van der Waals surface area contributed by atoms with E-state index in [0.717, 1.165) is 39.1 Å². The first-order valence-electron chi connectivity index (χ1n) is 6.87. The first kappa shape index (κ1) is 16.4. The molecule has 0 heterocycles. The van der Waals surface area contributed by atoms with Crippen LogP contribution in [-0.2, 0) is 4.79 Å². The Morgan fingerprint density at radius 1 is 1.06 bits per heavy atom. The third-order valence-corrected chi connectivity index (χ3v) is 3.25. The summed E-state index contributed by atoms with van der Waals surface area (Å²) in [6.07, 6.45) is 1.74. The molecule has 0 aliphatic carbocycles. The molecule has 1 amide bonds. The summed E-state index contributed by atoms with van der Waals surface area (Å²) in [5.74, 6) is 0.0922. The highest BCUT2D eigenvalue weighted by molar-refractivity contribution is 5.81. The van der Waals surface area contributed by atoms with Crippen molar-refractivity contribution in [2.75, 3.05) is 32.7 Å². The van der Waals surface area contributed by atoms with Crippen molar-refractivity contribution < 1.29 is 4.79 Å². The Morgan fingerprint density at radius 2 is 1.65 bits per heavy atom. The number of carbonyl (C=O) groups is 1. The lowest BCUT2D eigenvalue weighted by atomic mass is 10.2. The molecule has 0 fully saturated rings. The van der Waals surface area contributed by atoms with Crippen LogP contribution < -0.4 is 5.73 Å². The number of rotatable bonds is 9. The molecule has 0 aliphatic rings. The van der Waals surface area contributed by atoms with Crippen molar-refractivity contribution >= 4 is 5.91 Å². The van der Waals surface area contributed by atoms with E-state index in [1.54, 1.807) is 0 Å². The third kappa shape index (κ3) is 6.03. The van der Waals surface area contributed by atoms with E-state index in [9.17, 15) is 4.79 Å². The Kier molecular flexibility index (Phi) is 9.09. The predicted octanol–water partition coefficient (Wildman–Crippen LogP) is 1.30. The minimum Gasteiger partial charge on any atom is -0.342 e. The van der Waals surface area contributed by atoms with Crippen LogP contribution in [0.5, 0.6) is 0 Å². The van der Waals surface area contributed by atoms with Crippen LogP contribution in [0.1, 0.15) is 40.5 Å². The summed E-state index contributed by atoms with van der Waals surface area (Å²) >= 11 is 0. The van der Waals surface area contributed by atoms with E-state index >= 15 is 0 Å². The second-order valence-corrected chi connectivity index (χ2v) is 4.31. The van der Waals surface area contributed by atoms with Crippen LogP contribution in [0.25, 0.3) is 0 Å². The molecule has 0 aromatic rings. The Labute approximate surface area is 106 Å². The molecule has 1 unspecified atom stereocenters. The second kappa shape index (κ2) is 9.42. The van der Waals surface area contributed by atoms with E-state index in [4.69, 9.17) is 5.73 Å². The van der Waals surface area contributed by atoms with Gasteiger partial charge in [-0.05, 0) is 39.4 Å². The fourth-order valence-electron chi connectivity index (χ4n) is 1.86. The summed E-state index contributed by atoms with van der Waals surface area (Å²) < 4.78 is 0. The molecule has 2 N–H and O–H groups in total. The lowest BCUT2D eigenvalue weighted by Crippen LogP contribution is -2.44. The number of hydrogen-bond donors (Lipinski definition) is 1. The van der Waals surface area contributed by atoms with E-state index in [2.05, 4.69) is 18.7 Å². The number of nitrogens with zero attached hydrogens (tertiary/aromatic N) is 2. The van der Waals surface area contributed by atoms with Gasteiger partial charge in [0.2, 0.25) is 5.91 Å². The molecule has 0 saturated carbocycles. The van der Waals surface area contributed by atoms with Crippen molar-refractivity contribution in [1.82, 2.24) is 9.80 Å². The average molecular weight is 243 g/mol. The predicted molar refractivity (Wildman–Crippen MR) is 72.9 cm³/mol. The molecule has 0 rings (SSSR count). The molecule has 4 heteroatoms. The molecule has 0 bridgehead atoms. The molecule has 4 nitrogen and oxygen atoms in total. The Morgan fingerprint density at radius 3 is 2.06 bits per heavy atom. The van der Waals surface area contributed by atoms with E-state index in [0.29, 0.717) is 6.42 Å². The van der Waals surface area contributed by atoms with Crippen LogP contribution in [0.4, 0.5) is 0 Å². The number of carbonyl (C=O) groups excluding carboxylic acids is 1. The minimum atomic E-state index is -0.330. The zero-order chi connectivity index (χ0) is 13.3. The van der Waals surface area contributed by atoms with E-state index in [-0.39, 0.29) is 11.9 Å². The highest BCUT2D eigenvalue weighted by Crippen LogP contribution is 2.00. The van der Waals surface area contributed by atoms with Gasteiger partial charge in [-0.15, -0.1) is 0 Å². The van der Waals surface area contributed by atoms with Gasteiger partial charge in [-0.25, -0.2) is 0 Å². The van der Waals surface area contributed by atoms with Gasteiger partial charge in [0.05, 0.1) is 6.04 Å². The molecular weight excluding hydrogens is 214 g/mol. The van der Waals surface area contributed by atoms with Gasteiger partial charge < -0.3 is 15.5 Å². The van der Waals surface area contributed by atoms with Crippen LogP contribution in [0.15, 0.2) is 0 Å². The van der Waals surface area contributed by atoms with Crippen molar-refractivity contribution in [3.8, 4) is 0 Å². The van der Waals surface area contributed by atoms with Gasteiger partial charge in [0.1, 0.15) is 0 Å². The molecule has 17 heavy (non-hydrogen) atoms. The van der Waals surface area contributed by atoms with Crippen molar-refractivity contribution in [2.24, 2.45) is 5.73 Å². The van der Waals surface area contributed by atoms with Crippen LogP contribution in [0, 0.1) is 0 Å². The van der Waals surface area contributed by atoms with Crippen LogP contribution in [-0.4, -0.2) is 54.5 Å². The fraction of sp³-hybridized carbons (Fsp3) is 0.923. The normalized spacial score (nSPS) is 12.8. The zero-order valence-corrected chi connectivity index (χ0v) is 11.9. The highest BCUT2D eigenvalue weighted by atomic mass is 16.2. The summed E-state index contributed by atoms with van der Waals surface area (Å²) in [4.78, 5) is 16.2. The minimum absolute atomic E-state index is 0.0922. The van der Waals surface area contributed by atoms with Crippen LogP contribution in [0.3, 0.4) is 0 Å². The van der Waals surface area contributed by atoms with Crippen LogP contribution in [0.2, 0.25) is 0 Å². The van der Waals surface area contributed by atoms with Crippen LogP contribution >= 0.6 is 0 Å². The van der Waals surface area contributed by atoms with Gasteiger partial charge in [0.15, 0.2) is 0 Å². The first-order chi connectivity index (χ1) is 8.10. The van der Waals surface area contributed by atoms with E-state index in [1.165, 1.54) is 0 Å². The maximum atomic E-state index is 11.9. The first-order valence-corrected chi connectivity index (χ1v) is 6.87. The Hall–Kier alpha value is -0.610. The van der Waals surface area contributed by atoms with Gasteiger partial charge in [-0.2, -0.15) is 0 Å². The molecule has 1 atom stereocenters. The lowest BCUT2D eigenvalue weighted by Gasteiger charge is -2.25. The zero-order valence-electron chi connectivity index (χ0n) is 11.9. The van der Waals surface area contributed by atoms with Crippen molar-refractivity contribution in [1.29, 1.82) is 0 Å². The SMILES string of the molecule is CCC(N)C(=O)N(CC)CCCN(CC)CC. The van der Waals surface area contributed by atoms with Gasteiger partial charge in [-0.3, -0.25) is 4.79 Å². The largest absolute Gasteiger partial charge is 0.342 e. The van der Waals surface area contributed by atoms with Gasteiger partial charge in [0.25, 0.3) is 0 Å². The lowest BCUT2D eigenvalue weighted by molar-refractivity contribution is -0.132. The third-order valence-electron chi connectivity index (χ3n) is 3.25. The maximum Gasteiger partial charge on any atom is 0.239 e. The molecule has 0 radical (unpaired) electrons. The van der Waals surface area contributed by atoms with Crippen molar-refractivity contribution in [3.05, 3.63) is 0 Å². The number of amides is 1. The summed E-state index contributed by atoms with van der Waals surface area (Å²) in [5, 5.41) is 0. The van der Waals surface area contributed by atoms with Gasteiger partial charge in [0, 0.05) is 13.1 Å². The highest BCUT2D eigenvalue weighted by Gasteiger charge is 2.17. The molecule has 0 saturated heterocycles. The van der Waals surface area contributed by atoms with Gasteiger partial charge >= 0.3 is 0 Å². The average Bonchev–Trinajstić information content (AvgIpc) is 2.37. The molecule has 102 valence electrons.